The van der Waals surface area contributed by atoms with Crippen molar-refractivity contribution in [2.24, 2.45) is 52.3 Å². The zero-order valence-electron chi connectivity index (χ0n) is 49.0. The lowest BCUT2D eigenvalue weighted by Gasteiger charge is -2.61. The van der Waals surface area contributed by atoms with Crippen molar-refractivity contribution in [3.8, 4) is 0 Å². The third kappa shape index (κ3) is 12.4. The molecule has 0 amide bonds. The van der Waals surface area contributed by atoms with Gasteiger partial charge in [0.25, 0.3) is 0 Å². The van der Waals surface area contributed by atoms with Crippen molar-refractivity contribution >= 4 is 0 Å². The average molecular weight is 1250 g/mol. The molecule has 86 heavy (non-hydrogen) atoms. The molecule has 18 N–H and O–H groups in total. The van der Waals surface area contributed by atoms with Gasteiger partial charge in [0.05, 0.1) is 51.8 Å². The molecule has 0 spiro atoms. The highest BCUT2D eigenvalue weighted by Gasteiger charge is 2.69. The van der Waals surface area contributed by atoms with Crippen molar-refractivity contribution in [1.82, 2.24) is 0 Å². The maximum absolute atomic E-state index is 12.1. The fourth-order valence-electron chi connectivity index (χ4n) is 17.1. The van der Waals surface area contributed by atoms with Crippen LogP contribution in [0.25, 0.3) is 0 Å². The van der Waals surface area contributed by atoms with Gasteiger partial charge in [-0.1, -0.05) is 27.7 Å². The summed E-state index contributed by atoms with van der Waals surface area (Å²) in [5.74, 6) is 0.0722. The van der Waals surface area contributed by atoms with E-state index >= 15 is 0 Å². The number of aliphatic hydroxyl groups is 18. The smallest absolute Gasteiger partial charge is 0.187 e. The largest absolute Gasteiger partial charge is 0.394 e. The molecule has 0 aromatic carbocycles. The van der Waals surface area contributed by atoms with Crippen molar-refractivity contribution < 1.29 is 144 Å². The second-order valence-electron chi connectivity index (χ2n) is 27.1. The van der Waals surface area contributed by atoms with Gasteiger partial charge in [-0.15, -0.1) is 0 Å². The van der Waals surface area contributed by atoms with Crippen molar-refractivity contribution in [3.63, 3.8) is 0 Å². The Morgan fingerprint density at radius 3 is 1.50 bits per heavy atom. The quantitative estimate of drug-likeness (QED) is 0.0535. The van der Waals surface area contributed by atoms with E-state index in [-0.39, 0.29) is 47.2 Å². The van der Waals surface area contributed by atoms with Crippen molar-refractivity contribution in [3.05, 3.63) is 0 Å². The van der Waals surface area contributed by atoms with Gasteiger partial charge in [0.2, 0.25) is 0 Å². The Morgan fingerprint density at radius 2 is 0.930 bits per heavy atom. The Balaban J connectivity index is 0.749. The topological polar surface area (TPSA) is 466 Å². The number of rotatable bonds is 19. The molecule has 29 heteroatoms. The molecule has 4 saturated carbocycles. The molecule has 6 heterocycles. The minimum absolute atomic E-state index is 0.0303. The lowest BCUT2D eigenvalue weighted by Crippen LogP contribution is -2.68. The lowest BCUT2D eigenvalue weighted by atomic mass is 9.44. The summed E-state index contributed by atoms with van der Waals surface area (Å²) < 4.78 is 65.6. The third-order valence-corrected chi connectivity index (χ3v) is 22.2. The van der Waals surface area contributed by atoms with E-state index in [2.05, 4.69) is 20.8 Å². The third-order valence-electron chi connectivity index (χ3n) is 22.2. The van der Waals surface area contributed by atoms with E-state index in [0.29, 0.717) is 43.4 Å². The number of aliphatic hydroxyl groups excluding tert-OH is 17. The summed E-state index contributed by atoms with van der Waals surface area (Å²) >= 11 is 0. The van der Waals surface area contributed by atoms with Gasteiger partial charge in [0, 0.05) is 12.3 Å². The first-order chi connectivity index (χ1) is 40.8. The monoisotopic (exact) mass is 1240 g/mol. The van der Waals surface area contributed by atoms with Crippen LogP contribution in [0.15, 0.2) is 0 Å². The number of hydrogen-bond donors (Lipinski definition) is 18. The van der Waals surface area contributed by atoms with E-state index < -0.39 is 198 Å². The highest BCUT2D eigenvalue weighted by Crippen LogP contribution is 2.71. The zero-order valence-corrected chi connectivity index (χ0v) is 49.0. The van der Waals surface area contributed by atoms with Crippen LogP contribution in [0.5, 0.6) is 0 Å². The Hall–Kier alpha value is -1.16. The van der Waals surface area contributed by atoms with Gasteiger partial charge in [-0.2, -0.15) is 0 Å². The summed E-state index contributed by atoms with van der Waals surface area (Å²) in [4.78, 5) is 0. The Kier molecular flexibility index (Phi) is 21.3. The number of fused-ring (bicyclic) bond motifs is 7. The van der Waals surface area contributed by atoms with Gasteiger partial charge in [-0.3, -0.25) is 0 Å². The Morgan fingerprint density at radius 1 is 0.465 bits per heavy atom. The molecule has 10 fully saturated rings. The van der Waals surface area contributed by atoms with E-state index in [9.17, 15) is 91.9 Å². The van der Waals surface area contributed by atoms with Crippen molar-refractivity contribution in [2.45, 2.75) is 263 Å². The summed E-state index contributed by atoms with van der Waals surface area (Å²) in [6, 6.07) is 0. The molecule has 0 bridgehead atoms. The van der Waals surface area contributed by atoms with Gasteiger partial charge < -0.3 is 144 Å². The molecule has 10 aliphatic rings. The predicted octanol–water partition coefficient (Wildman–Crippen LogP) is -6.13. The van der Waals surface area contributed by atoms with Gasteiger partial charge >= 0.3 is 0 Å². The fraction of sp³-hybridized carbons (Fsp3) is 1.00. The van der Waals surface area contributed by atoms with E-state index in [1.807, 2.05) is 6.92 Å². The van der Waals surface area contributed by atoms with Gasteiger partial charge in [-0.05, 0) is 104 Å². The van der Waals surface area contributed by atoms with E-state index in [1.54, 1.807) is 0 Å². The van der Waals surface area contributed by atoms with Crippen LogP contribution in [0.4, 0.5) is 0 Å². The van der Waals surface area contributed by atoms with Crippen molar-refractivity contribution in [1.29, 1.82) is 0 Å². The van der Waals surface area contributed by atoms with Crippen LogP contribution < -0.4 is 0 Å². The fourth-order valence-corrected chi connectivity index (χ4v) is 17.1. The van der Waals surface area contributed by atoms with Gasteiger partial charge in [-0.25, -0.2) is 0 Å². The molecule has 4 aliphatic carbocycles. The first-order valence-corrected chi connectivity index (χ1v) is 30.9. The second kappa shape index (κ2) is 27.1. The molecule has 37 atom stereocenters. The van der Waals surface area contributed by atoms with Crippen LogP contribution in [0.2, 0.25) is 0 Å². The molecule has 10 rings (SSSR count). The minimum Gasteiger partial charge on any atom is -0.394 e. The first-order valence-electron chi connectivity index (χ1n) is 30.9. The summed E-state index contributed by atoms with van der Waals surface area (Å²) in [7, 11) is 0. The molecule has 29 nitrogen and oxygen atoms in total. The molecule has 0 radical (unpaired) electrons. The standard InChI is InChI=1S/C57H96O29/c1-21(20-76-50-42(70)38(66)35(63)29(15-58)78-50)7-12-57(75)22(2)34-28(86-57)14-27-25-6-5-23-13-24(8-10-55(23,3)26(25)9-11-56(27,34)4)77-51-45(73)41(69)47(32(18-61)81-51)83-54-46(74)49(85-53-44(72)40(68)37(65)31(17-60)80-53)48(33(19-62)82-54)84-52-43(71)39(67)36(64)30(16-59)79-52/h21-54,58-75H,5-20H2,1-4H3. The number of hydrogen-bond acceptors (Lipinski definition) is 29. The lowest BCUT2D eigenvalue weighted by molar-refractivity contribution is -0.400. The van der Waals surface area contributed by atoms with Crippen LogP contribution >= 0.6 is 0 Å². The molecule has 498 valence electrons. The second-order valence-corrected chi connectivity index (χ2v) is 27.1. The average Bonchev–Trinajstić information content (AvgIpc) is 1.66. The van der Waals surface area contributed by atoms with E-state index in [1.165, 1.54) is 0 Å². The molecule has 0 aromatic heterocycles. The van der Waals surface area contributed by atoms with Crippen LogP contribution in [-0.2, 0) is 52.1 Å². The summed E-state index contributed by atoms with van der Waals surface area (Å²) in [5, 5.41) is 193. The van der Waals surface area contributed by atoms with Gasteiger partial charge in [0.1, 0.15) is 122 Å². The summed E-state index contributed by atoms with van der Waals surface area (Å²) in [6.07, 6.45) is -35.7. The van der Waals surface area contributed by atoms with Crippen molar-refractivity contribution in [2.75, 3.05) is 39.6 Å². The number of ether oxygens (including phenoxy) is 11. The van der Waals surface area contributed by atoms with Crippen LogP contribution in [-0.4, -0.2) is 303 Å². The van der Waals surface area contributed by atoms with Gasteiger partial charge in [0.15, 0.2) is 37.2 Å². The maximum Gasteiger partial charge on any atom is 0.187 e. The Labute approximate surface area is 498 Å². The molecule has 6 saturated heterocycles. The SMILES string of the molecule is CC(CCC1(O)OC2CC3C4CCC5CC(OC6OC(CO)C(OC7OC(CO)C(OC8OC(CO)C(O)C(O)C8O)C(OC8OC(CO)C(O)C(O)C8O)C7O)C(O)C6O)CCC5(C)C4CCC3(C)C2C1C)COC1OC(CO)C(O)C(O)C1O. The highest BCUT2D eigenvalue weighted by molar-refractivity contribution is 5.15. The summed E-state index contributed by atoms with van der Waals surface area (Å²) in [5.41, 5.74) is -0.0892. The van der Waals surface area contributed by atoms with Crippen LogP contribution in [0, 0.1) is 52.3 Å². The highest BCUT2D eigenvalue weighted by atomic mass is 16.8. The molecule has 6 aliphatic heterocycles. The van der Waals surface area contributed by atoms with E-state index in [0.717, 1.165) is 38.5 Å². The summed E-state index contributed by atoms with van der Waals surface area (Å²) in [6.45, 7) is 4.89. The van der Waals surface area contributed by atoms with Crippen LogP contribution in [0.3, 0.4) is 0 Å². The predicted molar refractivity (Wildman–Crippen MR) is 284 cm³/mol. The van der Waals surface area contributed by atoms with E-state index in [4.69, 9.17) is 52.1 Å². The zero-order chi connectivity index (χ0) is 62.2. The normalized spacial score (nSPS) is 55.3. The molecular formula is C57H96O29. The molecule has 0 aromatic rings. The first kappa shape index (κ1) is 67.7. The molecular weight excluding hydrogens is 1150 g/mol. The molecule has 37 unspecified atom stereocenters. The Bertz CT molecular complexity index is 2190. The van der Waals surface area contributed by atoms with Crippen LogP contribution in [0.1, 0.15) is 91.9 Å². The maximum atomic E-state index is 12.1. The minimum atomic E-state index is -2.12.